The molecule has 0 N–H and O–H groups in total. The number of hydrogen-bond donors (Lipinski definition) is 0. The van der Waals surface area contributed by atoms with Crippen LogP contribution < -0.4 is 0 Å². The Morgan fingerprint density at radius 3 is 2.44 bits per heavy atom. The highest BCUT2D eigenvalue weighted by Gasteiger charge is 2.13. The van der Waals surface area contributed by atoms with E-state index in [1.54, 1.807) is 25.1 Å². The lowest BCUT2D eigenvalue weighted by Gasteiger charge is -1.95. The lowest BCUT2D eigenvalue weighted by molar-refractivity contribution is 0.108. The number of halogens is 2. The molecule has 0 fully saturated rings. The molecule has 2 nitrogen and oxygen atoms in total. The molecule has 0 aliphatic rings. The molecule has 0 saturated heterocycles. The molecule has 0 aliphatic heterocycles. The number of carbonyl (C=O) groups is 1. The second kappa shape index (κ2) is 4.10. The third-order valence-electron chi connectivity index (χ3n) is 2.26. The summed E-state index contributed by atoms with van der Waals surface area (Å²) in [6, 6.07) is 7.37. The van der Waals surface area contributed by atoms with Crippen LogP contribution in [0.1, 0.15) is 16.1 Å². The summed E-state index contributed by atoms with van der Waals surface area (Å²) in [4.78, 5) is 11.0. The van der Waals surface area contributed by atoms with Crippen LogP contribution in [0.15, 0.2) is 34.7 Å². The molecular formula is C12H8ClFO2. The Morgan fingerprint density at radius 1 is 1.31 bits per heavy atom. The van der Waals surface area contributed by atoms with Crippen molar-refractivity contribution in [2.75, 3.05) is 0 Å². The van der Waals surface area contributed by atoms with Crippen LogP contribution in [0.25, 0.3) is 11.3 Å². The first kappa shape index (κ1) is 10.9. The summed E-state index contributed by atoms with van der Waals surface area (Å²) in [5.41, 5.74) is 1.04. The second-order valence-corrected chi connectivity index (χ2v) is 3.70. The van der Waals surface area contributed by atoms with E-state index in [9.17, 15) is 9.18 Å². The van der Waals surface area contributed by atoms with Crippen LogP contribution in [0.3, 0.4) is 0 Å². The standard InChI is InChI=1S/C12H8ClFO2/c1-7-10(12(13)15)6-11(16-7)8-2-4-9(14)5-3-8/h2-6H,1H3. The molecule has 2 rings (SSSR count). The maximum atomic E-state index is 12.7. The molecule has 0 radical (unpaired) electrons. The van der Waals surface area contributed by atoms with E-state index in [-0.39, 0.29) is 5.82 Å². The minimum absolute atomic E-state index is 0.319. The first-order valence-corrected chi connectivity index (χ1v) is 5.02. The molecule has 4 heteroatoms. The van der Waals surface area contributed by atoms with Crippen molar-refractivity contribution in [3.05, 3.63) is 47.5 Å². The minimum atomic E-state index is -0.561. The fraction of sp³-hybridized carbons (Fsp3) is 0.0833. The van der Waals surface area contributed by atoms with Crippen LogP contribution in [-0.4, -0.2) is 5.24 Å². The van der Waals surface area contributed by atoms with Gasteiger partial charge in [-0.1, -0.05) is 0 Å². The molecule has 0 bridgehead atoms. The molecule has 16 heavy (non-hydrogen) atoms. The van der Waals surface area contributed by atoms with Gasteiger partial charge in [-0.2, -0.15) is 0 Å². The SMILES string of the molecule is Cc1oc(-c2ccc(F)cc2)cc1C(=O)Cl. The van der Waals surface area contributed by atoms with E-state index >= 15 is 0 Å². The molecule has 0 saturated carbocycles. The monoisotopic (exact) mass is 238 g/mol. The van der Waals surface area contributed by atoms with Gasteiger partial charge in [0.1, 0.15) is 17.3 Å². The number of hydrogen-bond acceptors (Lipinski definition) is 2. The normalized spacial score (nSPS) is 10.4. The van der Waals surface area contributed by atoms with E-state index in [2.05, 4.69) is 0 Å². The molecule has 82 valence electrons. The zero-order chi connectivity index (χ0) is 11.7. The first-order chi connectivity index (χ1) is 7.58. The Hall–Kier alpha value is -1.61. The van der Waals surface area contributed by atoms with Crippen molar-refractivity contribution in [2.45, 2.75) is 6.92 Å². The highest BCUT2D eigenvalue weighted by Crippen LogP contribution is 2.26. The summed E-state index contributed by atoms with van der Waals surface area (Å²) in [6.07, 6.45) is 0. The highest BCUT2D eigenvalue weighted by molar-refractivity contribution is 6.67. The first-order valence-electron chi connectivity index (χ1n) is 4.64. The summed E-state index contributed by atoms with van der Waals surface area (Å²) >= 11 is 5.38. The molecule has 0 amide bonds. The van der Waals surface area contributed by atoms with Crippen molar-refractivity contribution in [3.8, 4) is 11.3 Å². The Kier molecular flexibility index (Phi) is 2.79. The summed E-state index contributed by atoms with van der Waals surface area (Å²) in [6.45, 7) is 1.66. The van der Waals surface area contributed by atoms with Crippen LogP contribution in [0, 0.1) is 12.7 Å². The number of benzene rings is 1. The maximum Gasteiger partial charge on any atom is 0.255 e. The smallest absolute Gasteiger partial charge is 0.255 e. The average molecular weight is 239 g/mol. The van der Waals surface area contributed by atoms with E-state index in [0.717, 1.165) is 0 Å². The lowest BCUT2D eigenvalue weighted by atomic mass is 10.1. The number of aryl methyl sites for hydroxylation is 1. The number of carbonyl (C=O) groups excluding carboxylic acids is 1. The van der Waals surface area contributed by atoms with Crippen molar-refractivity contribution in [1.29, 1.82) is 0 Å². The van der Waals surface area contributed by atoms with Crippen molar-refractivity contribution in [2.24, 2.45) is 0 Å². The van der Waals surface area contributed by atoms with Crippen molar-refractivity contribution in [3.63, 3.8) is 0 Å². The fourth-order valence-corrected chi connectivity index (χ4v) is 1.62. The van der Waals surface area contributed by atoms with Crippen LogP contribution in [0.2, 0.25) is 0 Å². The van der Waals surface area contributed by atoms with Gasteiger partial charge in [0.15, 0.2) is 0 Å². The Balaban J connectivity index is 2.45. The molecule has 0 unspecified atom stereocenters. The molecule has 1 aromatic heterocycles. The van der Waals surface area contributed by atoms with Crippen molar-refractivity contribution in [1.82, 2.24) is 0 Å². The summed E-state index contributed by atoms with van der Waals surface area (Å²) in [5.74, 6) is 0.640. The van der Waals surface area contributed by atoms with Crippen LogP contribution in [0.5, 0.6) is 0 Å². The van der Waals surface area contributed by atoms with Crippen molar-refractivity contribution >= 4 is 16.8 Å². The molecule has 1 heterocycles. The zero-order valence-corrected chi connectivity index (χ0v) is 9.22. The molecule has 2 aromatic rings. The van der Waals surface area contributed by atoms with Gasteiger partial charge in [0.2, 0.25) is 0 Å². The molecule has 0 spiro atoms. The van der Waals surface area contributed by atoms with Crippen LogP contribution >= 0.6 is 11.6 Å². The van der Waals surface area contributed by atoms with Gasteiger partial charge in [-0.05, 0) is 48.9 Å². The van der Waals surface area contributed by atoms with E-state index < -0.39 is 5.24 Å². The van der Waals surface area contributed by atoms with Gasteiger partial charge < -0.3 is 4.42 Å². The minimum Gasteiger partial charge on any atom is -0.461 e. The molecule has 1 aromatic carbocycles. The molecule has 0 atom stereocenters. The summed E-state index contributed by atoms with van der Waals surface area (Å²) in [5, 5.41) is -0.561. The molecule has 0 aliphatic carbocycles. The van der Waals surface area contributed by atoms with E-state index in [1.807, 2.05) is 0 Å². The Bertz CT molecular complexity index is 528. The number of furan rings is 1. The van der Waals surface area contributed by atoms with Gasteiger partial charge in [0, 0.05) is 5.56 Å². The topological polar surface area (TPSA) is 30.2 Å². The average Bonchev–Trinajstić information content (AvgIpc) is 2.61. The Labute approximate surface area is 96.6 Å². The van der Waals surface area contributed by atoms with Gasteiger partial charge in [0.05, 0.1) is 5.56 Å². The van der Waals surface area contributed by atoms with Gasteiger partial charge in [-0.3, -0.25) is 4.79 Å². The second-order valence-electron chi connectivity index (χ2n) is 3.36. The maximum absolute atomic E-state index is 12.7. The van der Waals surface area contributed by atoms with Crippen LogP contribution in [-0.2, 0) is 0 Å². The Morgan fingerprint density at radius 2 is 1.94 bits per heavy atom. The third-order valence-corrected chi connectivity index (χ3v) is 2.46. The van der Waals surface area contributed by atoms with Crippen LogP contribution in [0.4, 0.5) is 4.39 Å². The largest absolute Gasteiger partial charge is 0.461 e. The number of rotatable bonds is 2. The fourth-order valence-electron chi connectivity index (χ4n) is 1.43. The van der Waals surface area contributed by atoms with Gasteiger partial charge >= 0.3 is 0 Å². The summed E-state index contributed by atoms with van der Waals surface area (Å²) in [7, 11) is 0. The zero-order valence-electron chi connectivity index (χ0n) is 8.46. The van der Waals surface area contributed by atoms with E-state index in [0.29, 0.717) is 22.6 Å². The van der Waals surface area contributed by atoms with Gasteiger partial charge in [-0.15, -0.1) is 0 Å². The predicted molar refractivity (Wildman–Crippen MR) is 59.0 cm³/mol. The van der Waals surface area contributed by atoms with Crippen molar-refractivity contribution < 1.29 is 13.6 Å². The quantitative estimate of drug-likeness (QED) is 0.746. The predicted octanol–water partition coefficient (Wildman–Crippen LogP) is 3.77. The molecular weight excluding hydrogens is 231 g/mol. The third kappa shape index (κ3) is 1.99. The highest BCUT2D eigenvalue weighted by atomic mass is 35.5. The summed E-state index contributed by atoms with van der Waals surface area (Å²) < 4.78 is 18.1. The van der Waals surface area contributed by atoms with E-state index in [1.165, 1.54) is 12.1 Å². The van der Waals surface area contributed by atoms with Gasteiger partial charge in [-0.25, -0.2) is 4.39 Å². The van der Waals surface area contributed by atoms with Gasteiger partial charge in [0.25, 0.3) is 5.24 Å². The van der Waals surface area contributed by atoms with E-state index in [4.69, 9.17) is 16.0 Å². The lowest BCUT2D eigenvalue weighted by Crippen LogP contribution is -1.86.